The third-order valence-electron chi connectivity index (χ3n) is 3.13. The molecule has 2 heterocycles. The molecule has 0 saturated carbocycles. The summed E-state index contributed by atoms with van der Waals surface area (Å²) < 4.78 is 7.31. The molecule has 0 spiro atoms. The first-order valence-corrected chi connectivity index (χ1v) is 7.86. The van der Waals surface area contributed by atoms with Gasteiger partial charge in [0.1, 0.15) is 5.75 Å². The van der Waals surface area contributed by atoms with Gasteiger partial charge in [-0.3, -0.25) is 14.7 Å². The minimum absolute atomic E-state index is 0.191. The highest BCUT2D eigenvalue weighted by Crippen LogP contribution is 2.25. The smallest absolute Gasteiger partial charge is 0.258 e. The van der Waals surface area contributed by atoms with E-state index in [1.165, 1.54) is 0 Å². The number of nitrogens with zero attached hydrogens (tertiary/aromatic N) is 3. The number of hydrogen-bond acceptors (Lipinski definition) is 5. The summed E-state index contributed by atoms with van der Waals surface area (Å²) in [5.41, 5.74) is 0.569. The number of rotatable bonds is 4. The lowest BCUT2D eigenvalue weighted by molar-refractivity contribution is 0.102. The van der Waals surface area contributed by atoms with Gasteiger partial charge in [-0.25, -0.2) is 0 Å². The SMILES string of the molecule is CCOc1ccc(C(=O)Nc2nnc3n2CCCS3)cc1. The molecular formula is C14H16N4O2S. The van der Waals surface area contributed by atoms with E-state index in [9.17, 15) is 4.79 Å². The van der Waals surface area contributed by atoms with E-state index in [1.54, 1.807) is 36.0 Å². The van der Waals surface area contributed by atoms with E-state index in [-0.39, 0.29) is 5.91 Å². The maximum absolute atomic E-state index is 12.2. The summed E-state index contributed by atoms with van der Waals surface area (Å²) in [4.78, 5) is 12.2. The summed E-state index contributed by atoms with van der Waals surface area (Å²) in [6.07, 6.45) is 1.06. The van der Waals surface area contributed by atoms with Crippen LogP contribution in [0.1, 0.15) is 23.7 Å². The molecule has 1 aromatic heterocycles. The fraction of sp³-hybridized carbons (Fsp3) is 0.357. The van der Waals surface area contributed by atoms with Gasteiger partial charge in [0.05, 0.1) is 6.61 Å². The topological polar surface area (TPSA) is 69.0 Å². The van der Waals surface area contributed by atoms with Crippen molar-refractivity contribution in [2.45, 2.75) is 25.0 Å². The number of nitrogens with one attached hydrogen (secondary N) is 1. The van der Waals surface area contributed by atoms with Crippen LogP contribution >= 0.6 is 11.8 Å². The van der Waals surface area contributed by atoms with Crippen molar-refractivity contribution in [3.05, 3.63) is 29.8 Å². The van der Waals surface area contributed by atoms with Crippen LogP contribution < -0.4 is 10.1 Å². The molecule has 1 aromatic carbocycles. The fourth-order valence-corrected chi connectivity index (χ4v) is 3.01. The summed E-state index contributed by atoms with van der Waals surface area (Å²) in [5, 5.41) is 11.8. The second kappa shape index (κ2) is 6.17. The number of amides is 1. The first kappa shape index (κ1) is 13.9. The molecule has 110 valence electrons. The van der Waals surface area contributed by atoms with Gasteiger partial charge >= 0.3 is 0 Å². The molecule has 1 aliphatic rings. The van der Waals surface area contributed by atoms with Gasteiger partial charge in [-0.2, -0.15) is 0 Å². The van der Waals surface area contributed by atoms with Crippen LogP contribution in [0.15, 0.2) is 29.4 Å². The molecule has 6 nitrogen and oxygen atoms in total. The second-order valence-electron chi connectivity index (χ2n) is 4.57. The van der Waals surface area contributed by atoms with E-state index in [2.05, 4.69) is 15.5 Å². The Morgan fingerprint density at radius 1 is 1.38 bits per heavy atom. The van der Waals surface area contributed by atoms with Gasteiger partial charge in [-0.1, -0.05) is 11.8 Å². The van der Waals surface area contributed by atoms with Crippen LogP contribution in [0.25, 0.3) is 0 Å². The van der Waals surface area contributed by atoms with E-state index in [0.29, 0.717) is 18.1 Å². The number of hydrogen-bond donors (Lipinski definition) is 1. The van der Waals surface area contributed by atoms with Crippen LogP contribution in [0.4, 0.5) is 5.95 Å². The lowest BCUT2D eigenvalue weighted by Crippen LogP contribution is -2.17. The van der Waals surface area contributed by atoms with Crippen molar-refractivity contribution in [2.24, 2.45) is 0 Å². The Morgan fingerprint density at radius 3 is 2.95 bits per heavy atom. The number of carbonyl (C=O) groups excluding carboxylic acids is 1. The van der Waals surface area contributed by atoms with Crippen LogP contribution in [0.3, 0.4) is 0 Å². The molecular weight excluding hydrogens is 288 g/mol. The Morgan fingerprint density at radius 2 is 2.19 bits per heavy atom. The molecule has 3 rings (SSSR count). The summed E-state index contributed by atoms with van der Waals surface area (Å²) in [6.45, 7) is 3.37. The molecule has 7 heteroatoms. The molecule has 2 aromatic rings. The third kappa shape index (κ3) is 3.02. The van der Waals surface area contributed by atoms with Crippen LogP contribution in [0.2, 0.25) is 0 Å². The molecule has 1 N–H and O–H groups in total. The number of anilines is 1. The predicted octanol–water partition coefficient (Wildman–Crippen LogP) is 2.42. The van der Waals surface area contributed by atoms with E-state index < -0.39 is 0 Å². The number of fused-ring (bicyclic) bond motifs is 1. The Kier molecular flexibility index (Phi) is 4.10. The van der Waals surface area contributed by atoms with Crippen LogP contribution in [-0.2, 0) is 6.54 Å². The number of aromatic nitrogens is 3. The van der Waals surface area contributed by atoms with Gasteiger partial charge in [0.25, 0.3) is 5.91 Å². The fourth-order valence-electron chi connectivity index (χ4n) is 2.12. The van der Waals surface area contributed by atoms with E-state index in [4.69, 9.17) is 4.74 Å². The lowest BCUT2D eigenvalue weighted by Gasteiger charge is -2.14. The summed E-state index contributed by atoms with van der Waals surface area (Å²) in [6, 6.07) is 7.05. The van der Waals surface area contributed by atoms with Crippen molar-refractivity contribution in [1.82, 2.24) is 14.8 Å². The highest BCUT2D eigenvalue weighted by Gasteiger charge is 2.18. The zero-order chi connectivity index (χ0) is 14.7. The van der Waals surface area contributed by atoms with Crippen LogP contribution in [0, 0.1) is 0 Å². The van der Waals surface area contributed by atoms with Crippen molar-refractivity contribution >= 4 is 23.6 Å². The minimum Gasteiger partial charge on any atom is -0.494 e. The lowest BCUT2D eigenvalue weighted by atomic mass is 10.2. The standard InChI is InChI=1S/C14H16N4O2S/c1-2-20-11-6-4-10(5-7-11)12(19)15-13-16-17-14-18(13)8-3-9-21-14/h4-7H,2-3,8-9H2,1H3,(H,15,16,19). The number of benzene rings is 1. The summed E-state index contributed by atoms with van der Waals surface area (Å²) in [7, 11) is 0. The van der Waals surface area contributed by atoms with Crippen molar-refractivity contribution in [2.75, 3.05) is 17.7 Å². The van der Waals surface area contributed by atoms with Crippen molar-refractivity contribution < 1.29 is 9.53 Å². The number of carbonyl (C=O) groups is 1. The molecule has 0 unspecified atom stereocenters. The average Bonchev–Trinajstić information content (AvgIpc) is 2.92. The van der Waals surface area contributed by atoms with Crippen LogP contribution in [0.5, 0.6) is 5.75 Å². The van der Waals surface area contributed by atoms with Crippen molar-refractivity contribution in [3.8, 4) is 5.75 Å². The van der Waals surface area contributed by atoms with E-state index >= 15 is 0 Å². The Hall–Kier alpha value is -2.02. The van der Waals surface area contributed by atoms with E-state index in [0.717, 1.165) is 29.6 Å². The maximum Gasteiger partial charge on any atom is 0.258 e. The molecule has 0 radical (unpaired) electrons. The van der Waals surface area contributed by atoms with Crippen molar-refractivity contribution in [3.63, 3.8) is 0 Å². The maximum atomic E-state index is 12.2. The Balaban J connectivity index is 1.72. The first-order chi connectivity index (χ1) is 10.3. The third-order valence-corrected chi connectivity index (χ3v) is 4.18. The van der Waals surface area contributed by atoms with Crippen LogP contribution in [-0.4, -0.2) is 33.0 Å². The largest absolute Gasteiger partial charge is 0.494 e. The molecule has 0 fully saturated rings. The molecule has 21 heavy (non-hydrogen) atoms. The highest BCUT2D eigenvalue weighted by molar-refractivity contribution is 7.99. The summed E-state index contributed by atoms with van der Waals surface area (Å²) in [5.74, 6) is 2.12. The normalized spacial score (nSPS) is 13.6. The first-order valence-electron chi connectivity index (χ1n) is 6.88. The molecule has 0 aliphatic carbocycles. The number of ether oxygens (including phenoxy) is 1. The Labute approximate surface area is 126 Å². The van der Waals surface area contributed by atoms with Gasteiger partial charge in [-0.05, 0) is 37.6 Å². The van der Waals surface area contributed by atoms with Crippen molar-refractivity contribution in [1.29, 1.82) is 0 Å². The van der Waals surface area contributed by atoms with Gasteiger partial charge in [0.15, 0.2) is 5.16 Å². The molecule has 1 amide bonds. The Bertz CT molecular complexity index is 639. The van der Waals surface area contributed by atoms with Gasteiger partial charge in [-0.15, -0.1) is 10.2 Å². The average molecular weight is 304 g/mol. The molecule has 1 aliphatic heterocycles. The monoisotopic (exact) mass is 304 g/mol. The van der Waals surface area contributed by atoms with E-state index in [1.807, 2.05) is 11.5 Å². The second-order valence-corrected chi connectivity index (χ2v) is 5.63. The zero-order valence-electron chi connectivity index (χ0n) is 11.7. The summed E-state index contributed by atoms with van der Waals surface area (Å²) >= 11 is 1.66. The highest BCUT2D eigenvalue weighted by atomic mass is 32.2. The van der Waals surface area contributed by atoms with Gasteiger partial charge in [0.2, 0.25) is 5.95 Å². The van der Waals surface area contributed by atoms with Gasteiger partial charge in [0, 0.05) is 17.9 Å². The zero-order valence-corrected chi connectivity index (χ0v) is 12.5. The quantitative estimate of drug-likeness (QED) is 0.939. The molecule has 0 bridgehead atoms. The van der Waals surface area contributed by atoms with Gasteiger partial charge < -0.3 is 4.74 Å². The number of thioether (sulfide) groups is 1. The predicted molar refractivity (Wildman–Crippen MR) is 80.9 cm³/mol. The molecule has 0 atom stereocenters. The minimum atomic E-state index is -0.191. The molecule has 0 saturated heterocycles.